The van der Waals surface area contributed by atoms with Crippen LogP contribution < -0.4 is 5.32 Å². The molecule has 4 rings (SSSR count). The first-order chi connectivity index (χ1) is 16.6. The van der Waals surface area contributed by atoms with Crippen molar-refractivity contribution in [3.05, 3.63) is 72.0 Å². The van der Waals surface area contributed by atoms with Gasteiger partial charge in [0, 0.05) is 40.0 Å². The van der Waals surface area contributed by atoms with Crippen molar-refractivity contribution in [2.75, 3.05) is 25.0 Å². The van der Waals surface area contributed by atoms with E-state index in [0.717, 1.165) is 65.9 Å². The third kappa shape index (κ3) is 5.91. The monoisotopic (exact) mass is 473 g/mol. The van der Waals surface area contributed by atoms with Crippen LogP contribution in [0.4, 0.5) is 5.82 Å². The predicted octanol–water partition coefficient (Wildman–Crippen LogP) is 6.93. The van der Waals surface area contributed by atoms with Crippen molar-refractivity contribution in [3.8, 4) is 22.5 Å². The third-order valence-electron chi connectivity index (χ3n) is 6.16. The van der Waals surface area contributed by atoms with Crippen molar-refractivity contribution in [2.24, 2.45) is 0 Å². The molecule has 34 heavy (non-hydrogen) atoms. The van der Waals surface area contributed by atoms with E-state index in [1.165, 1.54) is 0 Å². The summed E-state index contributed by atoms with van der Waals surface area (Å²) in [4.78, 5) is 16.5. The first-order valence-corrected chi connectivity index (χ1v) is 12.4. The van der Waals surface area contributed by atoms with Crippen LogP contribution in [0.5, 0.6) is 0 Å². The number of rotatable bonds is 10. The molecule has 2 heterocycles. The van der Waals surface area contributed by atoms with Crippen LogP contribution in [-0.2, 0) is 0 Å². The van der Waals surface area contributed by atoms with E-state index in [1.807, 2.05) is 42.6 Å². The largest absolute Gasteiger partial charge is 0.367 e. The number of pyridine rings is 1. The van der Waals surface area contributed by atoms with Gasteiger partial charge >= 0.3 is 0 Å². The van der Waals surface area contributed by atoms with Crippen LogP contribution >= 0.6 is 11.6 Å². The molecule has 1 atom stereocenters. The van der Waals surface area contributed by atoms with E-state index in [2.05, 4.69) is 54.2 Å². The lowest BCUT2D eigenvalue weighted by atomic mass is 10.0. The number of nitrogens with zero attached hydrogens (tertiary/aromatic N) is 4. The minimum atomic E-state index is 0.291. The fraction of sp³-hybridized carbons (Fsp3) is 0.321. The van der Waals surface area contributed by atoms with Gasteiger partial charge in [0.05, 0.1) is 5.52 Å². The smallest absolute Gasteiger partial charge is 0.162 e. The van der Waals surface area contributed by atoms with E-state index in [0.29, 0.717) is 16.9 Å². The van der Waals surface area contributed by atoms with Crippen LogP contribution in [0.25, 0.3) is 33.4 Å². The summed E-state index contributed by atoms with van der Waals surface area (Å²) >= 11 is 6.31. The SMILES string of the molecule is CCN(CC)CCCC(C)Nc1nc(-c2cccc(-c3cccnc3)c2)nc2cc(Cl)ccc12. The van der Waals surface area contributed by atoms with Gasteiger partial charge in [-0.3, -0.25) is 4.98 Å². The van der Waals surface area contributed by atoms with E-state index in [1.54, 1.807) is 6.20 Å². The van der Waals surface area contributed by atoms with Crippen molar-refractivity contribution >= 4 is 28.3 Å². The molecule has 0 aliphatic rings. The molecule has 6 heteroatoms. The molecule has 0 aliphatic heterocycles. The summed E-state index contributed by atoms with van der Waals surface area (Å²) in [6.07, 6.45) is 5.86. The van der Waals surface area contributed by atoms with Crippen molar-refractivity contribution < 1.29 is 0 Å². The molecule has 0 aliphatic carbocycles. The van der Waals surface area contributed by atoms with Gasteiger partial charge in [0.2, 0.25) is 0 Å². The minimum Gasteiger partial charge on any atom is -0.367 e. The van der Waals surface area contributed by atoms with Gasteiger partial charge < -0.3 is 10.2 Å². The number of anilines is 1. The zero-order valence-corrected chi connectivity index (χ0v) is 20.9. The Morgan fingerprint density at radius 1 is 0.941 bits per heavy atom. The number of aromatic nitrogens is 3. The fourth-order valence-electron chi connectivity index (χ4n) is 4.18. The Kier molecular flexibility index (Phi) is 8.09. The van der Waals surface area contributed by atoms with Gasteiger partial charge in [-0.2, -0.15) is 0 Å². The molecule has 1 unspecified atom stereocenters. The first-order valence-electron chi connectivity index (χ1n) is 12.0. The second kappa shape index (κ2) is 11.4. The summed E-state index contributed by atoms with van der Waals surface area (Å²) in [7, 11) is 0. The maximum absolute atomic E-state index is 6.31. The summed E-state index contributed by atoms with van der Waals surface area (Å²) in [6, 6.07) is 18.4. The minimum absolute atomic E-state index is 0.291. The molecule has 176 valence electrons. The molecule has 2 aromatic carbocycles. The molecule has 5 nitrogen and oxygen atoms in total. The quantitative estimate of drug-likeness (QED) is 0.270. The topological polar surface area (TPSA) is 53.9 Å². The van der Waals surface area contributed by atoms with E-state index in [4.69, 9.17) is 21.6 Å². The van der Waals surface area contributed by atoms with Crippen molar-refractivity contribution in [3.63, 3.8) is 0 Å². The molecular weight excluding hydrogens is 442 g/mol. The van der Waals surface area contributed by atoms with Crippen molar-refractivity contribution in [1.29, 1.82) is 0 Å². The van der Waals surface area contributed by atoms with Gasteiger partial charge in [-0.15, -0.1) is 0 Å². The number of hydrogen-bond acceptors (Lipinski definition) is 5. The van der Waals surface area contributed by atoms with Gasteiger partial charge in [-0.05, 0) is 75.3 Å². The summed E-state index contributed by atoms with van der Waals surface area (Å²) in [6.45, 7) is 9.96. The van der Waals surface area contributed by atoms with E-state index >= 15 is 0 Å². The van der Waals surface area contributed by atoms with Crippen molar-refractivity contribution in [1.82, 2.24) is 19.9 Å². The van der Waals surface area contributed by atoms with Crippen LogP contribution in [0.15, 0.2) is 67.0 Å². The van der Waals surface area contributed by atoms with E-state index in [9.17, 15) is 0 Å². The number of halogens is 1. The Labute approximate surface area is 207 Å². The lowest BCUT2D eigenvalue weighted by Crippen LogP contribution is -2.25. The predicted molar refractivity (Wildman–Crippen MR) is 143 cm³/mol. The summed E-state index contributed by atoms with van der Waals surface area (Å²) < 4.78 is 0. The van der Waals surface area contributed by atoms with E-state index in [-0.39, 0.29) is 0 Å². The zero-order valence-electron chi connectivity index (χ0n) is 20.1. The number of nitrogens with one attached hydrogen (secondary N) is 1. The third-order valence-corrected chi connectivity index (χ3v) is 6.40. The van der Waals surface area contributed by atoms with Crippen molar-refractivity contribution in [2.45, 2.75) is 39.7 Å². The van der Waals surface area contributed by atoms with Crippen LogP contribution in [0.2, 0.25) is 5.02 Å². The Bertz CT molecular complexity index is 1220. The van der Waals surface area contributed by atoms with Gasteiger partial charge in [0.25, 0.3) is 0 Å². The molecule has 0 bridgehead atoms. The van der Waals surface area contributed by atoms with E-state index < -0.39 is 0 Å². The normalized spacial score (nSPS) is 12.3. The second-order valence-electron chi connectivity index (χ2n) is 8.59. The Hall–Kier alpha value is -3.02. The molecule has 0 radical (unpaired) electrons. The lowest BCUT2D eigenvalue weighted by molar-refractivity contribution is 0.295. The molecule has 2 aromatic heterocycles. The Morgan fingerprint density at radius 3 is 2.50 bits per heavy atom. The Balaban J connectivity index is 1.63. The molecule has 0 saturated carbocycles. The summed E-state index contributed by atoms with van der Waals surface area (Å²) in [5, 5.41) is 5.29. The summed E-state index contributed by atoms with van der Waals surface area (Å²) in [5.41, 5.74) is 3.94. The molecule has 0 spiro atoms. The molecule has 4 aromatic rings. The van der Waals surface area contributed by atoms with Gasteiger partial charge in [0.15, 0.2) is 5.82 Å². The van der Waals surface area contributed by atoms with Crippen LogP contribution in [0.1, 0.15) is 33.6 Å². The number of hydrogen-bond donors (Lipinski definition) is 1. The van der Waals surface area contributed by atoms with Gasteiger partial charge in [-0.25, -0.2) is 9.97 Å². The second-order valence-corrected chi connectivity index (χ2v) is 9.03. The highest BCUT2D eigenvalue weighted by Crippen LogP contribution is 2.30. The molecule has 0 saturated heterocycles. The van der Waals surface area contributed by atoms with Crippen LogP contribution in [0, 0.1) is 0 Å². The number of benzene rings is 2. The highest BCUT2D eigenvalue weighted by molar-refractivity contribution is 6.31. The molecule has 0 amide bonds. The Morgan fingerprint density at radius 2 is 1.74 bits per heavy atom. The molecule has 0 fully saturated rings. The van der Waals surface area contributed by atoms with Gasteiger partial charge in [0.1, 0.15) is 5.82 Å². The van der Waals surface area contributed by atoms with Gasteiger partial charge in [-0.1, -0.05) is 49.7 Å². The summed E-state index contributed by atoms with van der Waals surface area (Å²) in [5.74, 6) is 1.53. The fourth-order valence-corrected chi connectivity index (χ4v) is 4.35. The molecule has 1 N–H and O–H groups in total. The standard InChI is InChI=1S/C28H32ClN5/c1-4-34(5-2)16-8-9-20(3)31-28-25-14-13-24(29)18-26(25)32-27(33-28)22-11-6-10-21(17-22)23-12-7-15-30-19-23/h6-7,10-15,17-20H,4-5,8-9,16H2,1-3H3,(H,31,32,33). The average molecular weight is 474 g/mol. The first kappa shape index (κ1) is 24.1. The van der Waals surface area contributed by atoms with Crippen LogP contribution in [-0.4, -0.2) is 45.5 Å². The highest BCUT2D eigenvalue weighted by atomic mass is 35.5. The van der Waals surface area contributed by atoms with Crippen LogP contribution in [0.3, 0.4) is 0 Å². The lowest BCUT2D eigenvalue weighted by Gasteiger charge is -2.20. The number of fused-ring (bicyclic) bond motifs is 1. The molecular formula is C28H32ClN5. The maximum atomic E-state index is 6.31. The highest BCUT2D eigenvalue weighted by Gasteiger charge is 2.13. The maximum Gasteiger partial charge on any atom is 0.162 e. The average Bonchev–Trinajstić information content (AvgIpc) is 2.87. The zero-order chi connectivity index (χ0) is 23.9.